The number of carboxylic acid groups (broad SMARTS) is 1. The second-order valence-electron chi connectivity index (χ2n) is 5.21. The van der Waals surface area contributed by atoms with Crippen LogP contribution >= 0.6 is 23.1 Å². The zero-order valence-electron chi connectivity index (χ0n) is 12.0. The third-order valence-electron chi connectivity index (χ3n) is 3.68. The molecular formula is C13H19NO4S3. The molecule has 0 unspecified atom stereocenters. The molecule has 1 aliphatic rings. The molecule has 0 radical (unpaired) electrons. The number of aryl methyl sites for hydroxylation is 1. The molecule has 1 saturated carbocycles. The molecular weight excluding hydrogens is 330 g/mol. The maximum absolute atomic E-state index is 12.3. The van der Waals surface area contributed by atoms with Crippen molar-refractivity contribution in [3.63, 3.8) is 0 Å². The monoisotopic (exact) mass is 349 g/mol. The lowest BCUT2D eigenvalue weighted by molar-refractivity contribution is 0.0701. The molecule has 1 aromatic heterocycles. The first-order valence-corrected chi connectivity index (χ1v) is 10.3. The molecule has 0 aliphatic heterocycles. The van der Waals surface area contributed by atoms with E-state index in [0.717, 1.165) is 37.0 Å². The molecule has 1 aromatic rings. The van der Waals surface area contributed by atoms with Gasteiger partial charge in [0.2, 0.25) is 10.0 Å². The molecule has 2 N–H and O–H groups in total. The van der Waals surface area contributed by atoms with Crippen molar-refractivity contribution in [3.8, 4) is 0 Å². The third kappa shape index (κ3) is 4.00. The lowest BCUT2D eigenvalue weighted by Gasteiger charge is -2.27. The predicted octanol–water partition coefficient (Wildman–Crippen LogP) is 2.71. The van der Waals surface area contributed by atoms with Crippen molar-refractivity contribution in [2.75, 3.05) is 6.26 Å². The van der Waals surface area contributed by atoms with Crippen molar-refractivity contribution in [2.45, 2.75) is 48.1 Å². The fourth-order valence-electron chi connectivity index (χ4n) is 2.49. The van der Waals surface area contributed by atoms with Crippen molar-refractivity contribution in [3.05, 3.63) is 16.5 Å². The van der Waals surface area contributed by atoms with E-state index in [-0.39, 0.29) is 15.1 Å². The summed E-state index contributed by atoms with van der Waals surface area (Å²) >= 11 is 2.64. The molecule has 0 saturated heterocycles. The molecule has 5 nitrogen and oxygen atoms in total. The molecule has 0 spiro atoms. The number of thiophene rings is 1. The number of carbonyl (C=O) groups is 1. The van der Waals surface area contributed by atoms with E-state index in [9.17, 15) is 13.2 Å². The highest BCUT2D eigenvalue weighted by Crippen LogP contribution is 2.30. The van der Waals surface area contributed by atoms with Crippen LogP contribution < -0.4 is 4.72 Å². The van der Waals surface area contributed by atoms with Crippen LogP contribution in [0.15, 0.2) is 10.3 Å². The number of hydrogen-bond donors (Lipinski definition) is 2. The number of rotatable bonds is 5. The Labute approximate surface area is 133 Å². The van der Waals surface area contributed by atoms with Crippen molar-refractivity contribution >= 4 is 39.1 Å². The van der Waals surface area contributed by atoms with E-state index in [1.54, 1.807) is 6.92 Å². The van der Waals surface area contributed by atoms with Gasteiger partial charge in [-0.1, -0.05) is 0 Å². The SMILES string of the molecule is CSC1CCC(NS(=O)(=O)c2cc(C)c(C(=O)O)s2)CC1. The van der Waals surface area contributed by atoms with Crippen LogP contribution in [0.5, 0.6) is 0 Å². The predicted molar refractivity (Wildman–Crippen MR) is 85.9 cm³/mol. The summed E-state index contributed by atoms with van der Waals surface area (Å²) in [5.74, 6) is -1.08. The summed E-state index contributed by atoms with van der Waals surface area (Å²) in [5, 5.41) is 9.63. The Morgan fingerprint density at radius 1 is 1.38 bits per heavy atom. The van der Waals surface area contributed by atoms with Gasteiger partial charge in [0.05, 0.1) is 0 Å². The summed E-state index contributed by atoms with van der Waals surface area (Å²) in [5.41, 5.74) is 0.485. The van der Waals surface area contributed by atoms with E-state index >= 15 is 0 Å². The van der Waals surface area contributed by atoms with Crippen LogP contribution in [-0.2, 0) is 10.0 Å². The van der Waals surface area contributed by atoms with Crippen LogP contribution in [0.25, 0.3) is 0 Å². The van der Waals surface area contributed by atoms with Crippen LogP contribution in [0.3, 0.4) is 0 Å². The first-order chi connectivity index (χ1) is 9.83. The van der Waals surface area contributed by atoms with Crippen LogP contribution in [-0.4, -0.2) is 37.0 Å². The summed E-state index contributed by atoms with van der Waals surface area (Å²) in [6, 6.07) is 1.39. The Bertz CT molecular complexity index is 615. The van der Waals surface area contributed by atoms with Crippen molar-refractivity contribution < 1.29 is 18.3 Å². The molecule has 0 aromatic carbocycles. The highest BCUT2D eigenvalue weighted by Gasteiger charge is 2.27. The van der Waals surface area contributed by atoms with Crippen molar-refractivity contribution in [1.29, 1.82) is 0 Å². The number of thioether (sulfide) groups is 1. The zero-order valence-corrected chi connectivity index (χ0v) is 14.4. The van der Waals surface area contributed by atoms with Gasteiger partial charge in [-0.3, -0.25) is 0 Å². The molecule has 2 rings (SSSR count). The molecule has 0 bridgehead atoms. The van der Waals surface area contributed by atoms with Gasteiger partial charge in [0.15, 0.2) is 0 Å². The number of nitrogens with one attached hydrogen (secondary N) is 1. The van der Waals surface area contributed by atoms with Gasteiger partial charge >= 0.3 is 5.97 Å². The van der Waals surface area contributed by atoms with Crippen LogP contribution in [0.4, 0.5) is 0 Å². The molecule has 0 amide bonds. The van der Waals surface area contributed by atoms with E-state index in [1.165, 1.54) is 6.07 Å². The van der Waals surface area contributed by atoms with E-state index < -0.39 is 16.0 Å². The van der Waals surface area contributed by atoms with Crippen molar-refractivity contribution in [1.82, 2.24) is 4.72 Å². The minimum Gasteiger partial charge on any atom is -0.477 e. The van der Waals surface area contributed by atoms with Gasteiger partial charge in [-0.2, -0.15) is 11.8 Å². The second kappa shape index (κ2) is 6.68. The summed E-state index contributed by atoms with van der Waals surface area (Å²) in [4.78, 5) is 11.1. The van der Waals surface area contributed by atoms with Crippen LogP contribution in [0.2, 0.25) is 0 Å². The fraction of sp³-hybridized carbons (Fsp3) is 0.615. The number of hydrogen-bond acceptors (Lipinski definition) is 5. The first kappa shape index (κ1) is 16.8. The third-order valence-corrected chi connectivity index (χ3v) is 8.04. The van der Waals surface area contributed by atoms with Crippen molar-refractivity contribution in [2.24, 2.45) is 0 Å². The van der Waals surface area contributed by atoms with Gasteiger partial charge in [-0.15, -0.1) is 11.3 Å². The maximum atomic E-state index is 12.3. The van der Waals surface area contributed by atoms with Gasteiger partial charge < -0.3 is 5.11 Å². The summed E-state index contributed by atoms with van der Waals surface area (Å²) < 4.78 is 27.5. The van der Waals surface area contributed by atoms with Gasteiger partial charge in [-0.25, -0.2) is 17.9 Å². The average molecular weight is 349 g/mol. The summed E-state index contributed by atoms with van der Waals surface area (Å²) in [6.07, 6.45) is 5.77. The highest BCUT2D eigenvalue weighted by molar-refractivity contribution is 7.99. The Morgan fingerprint density at radius 2 is 2.00 bits per heavy atom. The highest BCUT2D eigenvalue weighted by atomic mass is 32.2. The lowest BCUT2D eigenvalue weighted by atomic mass is 9.96. The average Bonchev–Trinajstić information content (AvgIpc) is 2.82. The first-order valence-electron chi connectivity index (χ1n) is 6.72. The second-order valence-corrected chi connectivity index (χ2v) is 9.34. The smallest absolute Gasteiger partial charge is 0.346 e. The van der Waals surface area contributed by atoms with Crippen LogP contribution in [0.1, 0.15) is 40.9 Å². The summed E-state index contributed by atoms with van der Waals surface area (Å²) in [6.45, 7) is 1.61. The minimum absolute atomic E-state index is 0.0471. The molecule has 1 aliphatic carbocycles. The normalized spacial score (nSPS) is 23.1. The molecule has 1 fully saturated rings. The minimum atomic E-state index is -3.62. The molecule has 1 heterocycles. The number of aromatic carboxylic acids is 1. The Hall–Kier alpha value is -0.570. The topological polar surface area (TPSA) is 83.5 Å². The lowest BCUT2D eigenvalue weighted by Crippen LogP contribution is -2.37. The van der Waals surface area contributed by atoms with Gasteiger partial charge in [0.25, 0.3) is 0 Å². The van der Waals surface area contributed by atoms with E-state index in [4.69, 9.17) is 5.11 Å². The standard InChI is InChI=1S/C13H19NO4S3/c1-8-7-11(20-12(8)13(15)16)21(17,18)14-9-3-5-10(19-2)6-4-9/h7,9-10,14H,3-6H2,1-2H3,(H,15,16). The largest absolute Gasteiger partial charge is 0.477 e. The van der Waals surface area contributed by atoms with E-state index in [2.05, 4.69) is 11.0 Å². The maximum Gasteiger partial charge on any atom is 0.346 e. The Morgan fingerprint density at radius 3 is 2.48 bits per heavy atom. The quantitative estimate of drug-likeness (QED) is 0.854. The molecule has 21 heavy (non-hydrogen) atoms. The van der Waals surface area contributed by atoms with Crippen LogP contribution in [0, 0.1) is 6.92 Å². The molecule has 8 heteroatoms. The van der Waals surface area contributed by atoms with Gasteiger partial charge in [0, 0.05) is 11.3 Å². The van der Waals surface area contributed by atoms with E-state index in [1.807, 2.05) is 11.8 Å². The zero-order chi connectivity index (χ0) is 15.6. The van der Waals surface area contributed by atoms with Gasteiger partial charge in [-0.05, 0) is 50.5 Å². The van der Waals surface area contributed by atoms with Gasteiger partial charge in [0.1, 0.15) is 9.09 Å². The fourth-order valence-corrected chi connectivity index (χ4v) is 5.93. The number of sulfonamides is 1. The molecule has 0 atom stereocenters. The Balaban J connectivity index is 2.09. The number of carboxylic acids is 1. The van der Waals surface area contributed by atoms with E-state index in [0.29, 0.717) is 10.8 Å². The summed E-state index contributed by atoms with van der Waals surface area (Å²) in [7, 11) is -3.62. The molecule has 118 valence electrons. The Kier molecular flexibility index (Phi) is 5.34.